The number of hydrogen-bond acceptors (Lipinski definition) is 3. The first kappa shape index (κ1) is 13.9. The Hall–Kier alpha value is -0.120. The van der Waals surface area contributed by atoms with E-state index in [2.05, 4.69) is 32.6 Å². The summed E-state index contributed by atoms with van der Waals surface area (Å²) >= 11 is 0. The molecule has 0 heterocycles. The van der Waals surface area contributed by atoms with E-state index in [1.54, 1.807) is 0 Å². The molecule has 0 radical (unpaired) electrons. The van der Waals surface area contributed by atoms with Gasteiger partial charge in [-0.15, -0.1) is 0 Å². The van der Waals surface area contributed by atoms with E-state index in [9.17, 15) is 0 Å². The Bertz CT molecular complexity index is 200. The molecule has 1 fully saturated rings. The predicted molar refractivity (Wildman–Crippen MR) is 68.5 cm³/mol. The lowest BCUT2D eigenvalue weighted by atomic mass is 9.85. The number of nitrogens with zero attached hydrogens (tertiary/aromatic N) is 1. The van der Waals surface area contributed by atoms with Gasteiger partial charge in [0.05, 0.1) is 6.10 Å². The van der Waals surface area contributed by atoms with Gasteiger partial charge in [-0.3, -0.25) is 4.90 Å². The average Bonchev–Trinajstić information content (AvgIpc) is 2.20. The average molecular weight is 228 g/mol. The topological polar surface area (TPSA) is 38.5 Å². The van der Waals surface area contributed by atoms with Crippen molar-refractivity contribution < 1.29 is 4.74 Å². The van der Waals surface area contributed by atoms with Crippen molar-refractivity contribution in [1.29, 1.82) is 0 Å². The second-order valence-corrected chi connectivity index (χ2v) is 5.63. The quantitative estimate of drug-likeness (QED) is 0.723. The van der Waals surface area contributed by atoms with Crippen molar-refractivity contribution >= 4 is 0 Å². The van der Waals surface area contributed by atoms with Crippen LogP contribution in [0, 0.1) is 5.41 Å². The zero-order valence-electron chi connectivity index (χ0n) is 11.3. The molecule has 1 rings (SSSR count). The van der Waals surface area contributed by atoms with E-state index in [4.69, 9.17) is 10.5 Å². The molecule has 0 saturated heterocycles. The zero-order chi connectivity index (χ0) is 12.2. The molecule has 0 unspecified atom stereocenters. The van der Waals surface area contributed by atoms with E-state index in [0.717, 1.165) is 26.2 Å². The van der Waals surface area contributed by atoms with Gasteiger partial charge in [-0.05, 0) is 38.3 Å². The van der Waals surface area contributed by atoms with Gasteiger partial charge < -0.3 is 10.5 Å². The fourth-order valence-corrected chi connectivity index (χ4v) is 2.32. The van der Waals surface area contributed by atoms with Gasteiger partial charge >= 0.3 is 0 Å². The second kappa shape index (κ2) is 5.99. The summed E-state index contributed by atoms with van der Waals surface area (Å²) < 4.78 is 5.61. The molecule has 1 saturated carbocycles. The summed E-state index contributed by atoms with van der Waals surface area (Å²) in [5.41, 5.74) is 6.02. The Balaban J connectivity index is 2.34. The molecule has 0 aromatic rings. The molecule has 0 bridgehead atoms. The third kappa shape index (κ3) is 3.72. The Morgan fingerprint density at radius 1 is 1.31 bits per heavy atom. The molecular formula is C13H28N2O. The van der Waals surface area contributed by atoms with E-state index < -0.39 is 0 Å². The molecule has 16 heavy (non-hydrogen) atoms. The minimum Gasteiger partial charge on any atom is -0.378 e. The largest absolute Gasteiger partial charge is 0.378 e. The van der Waals surface area contributed by atoms with E-state index in [-0.39, 0.29) is 5.41 Å². The number of nitrogens with two attached hydrogens (primary N) is 1. The molecule has 0 spiro atoms. The molecule has 0 atom stereocenters. The van der Waals surface area contributed by atoms with Crippen LogP contribution in [0.15, 0.2) is 0 Å². The summed E-state index contributed by atoms with van der Waals surface area (Å²) in [4.78, 5) is 2.56. The zero-order valence-corrected chi connectivity index (χ0v) is 11.3. The molecule has 3 heteroatoms. The number of hydrogen-bond donors (Lipinski definition) is 1. The summed E-state index contributed by atoms with van der Waals surface area (Å²) in [6.07, 6.45) is 2.90. The fourth-order valence-electron chi connectivity index (χ4n) is 2.32. The Morgan fingerprint density at radius 3 is 2.38 bits per heavy atom. The minimum atomic E-state index is 0.229. The van der Waals surface area contributed by atoms with Crippen molar-refractivity contribution in [3.8, 4) is 0 Å². The first-order valence-electron chi connectivity index (χ1n) is 6.58. The van der Waals surface area contributed by atoms with Crippen molar-refractivity contribution in [2.75, 3.05) is 26.2 Å². The first-order chi connectivity index (χ1) is 7.52. The molecule has 1 aliphatic carbocycles. The van der Waals surface area contributed by atoms with Gasteiger partial charge in [0, 0.05) is 19.2 Å². The van der Waals surface area contributed by atoms with Gasteiger partial charge in [0.2, 0.25) is 0 Å². The van der Waals surface area contributed by atoms with Crippen molar-refractivity contribution in [1.82, 2.24) is 4.90 Å². The van der Waals surface area contributed by atoms with E-state index in [1.165, 1.54) is 12.8 Å². The van der Waals surface area contributed by atoms with Crippen LogP contribution < -0.4 is 5.73 Å². The lowest BCUT2D eigenvalue weighted by Crippen LogP contribution is -2.51. The highest BCUT2D eigenvalue weighted by atomic mass is 16.5. The van der Waals surface area contributed by atoms with Crippen LogP contribution in [0.1, 0.15) is 40.5 Å². The molecule has 2 N–H and O–H groups in total. The van der Waals surface area contributed by atoms with Crippen LogP contribution in [0.2, 0.25) is 0 Å². The molecule has 0 aromatic carbocycles. The normalized spacial score (nSPS) is 25.9. The lowest BCUT2D eigenvalue weighted by molar-refractivity contribution is -0.0520. The van der Waals surface area contributed by atoms with Crippen LogP contribution in [-0.2, 0) is 4.74 Å². The second-order valence-electron chi connectivity index (χ2n) is 5.63. The van der Waals surface area contributed by atoms with Gasteiger partial charge in [0.1, 0.15) is 0 Å². The maximum atomic E-state index is 5.79. The van der Waals surface area contributed by atoms with Crippen molar-refractivity contribution in [2.45, 2.75) is 52.7 Å². The molecule has 96 valence electrons. The lowest BCUT2D eigenvalue weighted by Gasteiger charge is -2.44. The maximum absolute atomic E-state index is 5.79. The van der Waals surface area contributed by atoms with Crippen LogP contribution in [0.5, 0.6) is 0 Å². The third-order valence-electron chi connectivity index (χ3n) is 3.58. The van der Waals surface area contributed by atoms with Crippen LogP contribution >= 0.6 is 0 Å². The summed E-state index contributed by atoms with van der Waals surface area (Å²) in [6.45, 7) is 12.6. The molecule has 3 nitrogen and oxygen atoms in total. The highest BCUT2D eigenvalue weighted by molar-refractivity contribution is 4.90. The Morgan fingerprint density at radius 2 is 1.94 bits per heavy atom. The summed E-state index contributed by atoms with van der Waals surface area (Å²) in [5.74, 6) is 0. The van der Waals surface area contributed by atoms with Crippen LogP contribution in [0.25, 0.3) is 0 Å². The summed E-state index contributed by atoms with van der Waals surface area (Å²) in [5, 5.41) is 0. The third-order valence-corrected chi connectivity index (χ3v) is 3.58. The van der Waals surface area contributed by atoms with Crippen molar-refractivity contribution in [3.05, 3.63) is 0 Å². The van der Waals surface area contributed by atoms with Gasteiger partial charge in [-0.25, -0.2) is 0 Å². The predicted octanol–water partition coefficient (Wildman–Crippen LogP) is 1.86. The van der Waals surface area contributed by atoms with Gasteiger partial charge in [0.15, 0.2) is 0 Å². The molecule has 1 aliphatic rings. The van der Waals surface area contributed by atoms with Crippen LogP contribution in [0.4, 0.5) is 0 Å². The van der Waals surface area contributed by atoms with Gasteiger partial charge in [-0.1, -0.05) is 20.8 Å². The van der Waals surface area contributed by atoms with E-state index in [0.29, 0.717) is 12.1 Å². The molecule has 0 aliphatic heterocycles. The van der Waals surface area contributed by atoms with Crippen LogP contribution in [0.3, 0.4) is 0 Å². The van der Waals surface area contributed by atoms with Crippen LogP contribution in [-0.4, -0.2) is 43.3 Å². The van der Waals surface area contributed by atoms with Crippen molar-refractivity contribution in [3.63, 3.8) is 0 Å². The SMILES string of the molecule is CCOC1CC(N(CC)CC(C)(C)CN)C1. The number of rotatable bonds is 7. The standard InChI is InChI=1S/C13H28N2O/c1-5-15(10-13(3,4)9-14)11-7-12(8-11)16-6-2/h11-12H,5-10,14H2,1-4H3. The molecular weight excluding hydrogens is 200 g/mol. The summed E-state index contributed by atoms with van der Waals surface area (Å²) in [6, 6.07) is 0.715. The molecule has 0 aromatic heterocycles. The minimum absolute atomic E-state index is 0.229. The van der Waals surface area contributed by atoms with Gasteiger partial charge in [-0.2, -0.15) is 0 Å². The smallest absolute Gasteiger partial charge is 0.0604 e. The Kier molecular flexibility index (Phi) is 5.22. The number of ether oxygens (including phenoxy) is 1. The summed E-state index contributed by atoms with van der Waals surface area (Å²) in [7, 11) is 0. The first-order valence-corrected chi connectivity index (χ1v) is 6.58. The maximum Gasteiger partial charge on any atom is 0.0604 e. The fraction of sp³-hybridized carbons (Fsp3) is 1.00. The van der Waals surface area contributed by atoms with E-state index in [1.807, 2.05) is 0 Å². The monoisotopic (exact) mass is 228 g/mol. The highest BCUT2D eigenvalue weighted by Crippen LogP contribution is 2.30. The van der Waals surface area contributed by atoms with Gasteiger partial charge in [0.25, 0.3) is 0 Å². The highest BCUT2D eigenvalue weighted by Gasteiger charge is 2.35. The Labute approximate surface area is 100 Å². The molecule has 0 amide bonds. The van der Waals surface area contributed by atoms with Crippen molar-refractivity contribution in [2.24, 2.45) is 11.1 Å². The van der Waals surface area contributed by atoms with E-state index >= 15 is 0 Å².